The van der Waals surface area contributed by atoms with Crippen molar-refractivity contribution in [3.63, 3.8) is 0 Å². The first-order chi connectivity index (χ1) is 13.0. The lowest BCUT2D eigenvalue weighted by Crippen LogP contribution is -2.22. The molecule has 0 aromatic heterocycles. The molecule has 0 spiro atoms. The van der Waals surface area contributed by atoms with Crippen LogP contribution in [0.15, 0.2) is 24.3 Å². The van der Waals surface area contributed by atoms with E-state index in [1.165, 1.54) is 57.1 Å². The third-order valence-electron chi connectivity index (χ3n) is 7.20. The third-order valence-corrected chi connectivity index (χ3v) is 10.9. The van der Waals surface area contributed by atoms with E-state index in [1.54, 1.807) is 30.3 Å². The zero-order valence-corrected chi connectivity index (χ0v) is 17.9. The van der Waals surface area contributed by atoms with Gasteiger partial charge in [-0.25, -0.2) is 0 Å². The summed E-state index contributed by atoms with van der Waals surface area (Å²) in [5, 5.41) is 0. The van der Waals surface area contributed by atoms with Crippen LogP contribution < -0.4 is 0 Å². The Kier molecular flexibility index (Phi) is 7.47. The summed E-state index contributed by atoms with van der Waals surface area (Å²) < 4.78 is 38.1. The monoisotopic (exact) mass is 396 g/mol. The second kappa shape index (κ2) is 9.62. The average molecular weight is 397 g/mol. The summed E-state index contributed by atoms with van der Waals surface area (Å²) in [4.78, 5) is 0. The molecule has 4 heteroatoms. The van der Waals surface area contributed by atoms with Gasteiger partial charge in [0.15, 0.2) is 0 Å². The second-order valence-electron chi connectivity index (χ2n) is 9.09. The number of hydrogen-bond acceptors (Lipinski definition) is 0. The maximum Gasteiger partial charge on any atom is 0.416 e. The van der Waals surface area contributed by atoms with Crippen LogP contribution in [0.25, 0.3) is 0 Å². The maximum absolute atomic E-state index is 12.7. The summed E-state index contributed by atoms with van der Waals surface area (Å²) in [6, 6.07) is 10.6. The quantitative estimate of drug-likeness (QED) is 0.430. The molecule has 3 rings (SSSR count). The van der Waals surface area contributed by atoms with Crippen LogP contribution in [0, 0.1) is 11.8 Å². The highest BCUT2D eigenvalue weighted by molar-refractivity contribution is 6.58. The number of halogens is 3. The van der Waals surface area contributed by atoms with E-state index < -0.39 is 11.7 Å². The summed E-state index contributed by atoms with van der Waals surface area (Å²) in [5.74, 6) is 2.29. The van der Waals surface area contributed by atoms with E-state index in [0.29, 0.717) is 5.92 Å². The van der Waals surface area contributed by atoms with Gasteiger partial charge in [0, 0.05) is 8.80 Å². The first-order valence-corrected chi connectivity index (χ1v) is 13.6. The highest BCUT2D eigenvalue weighted by Gasteiger charge is 2.31. The number of benzene rings is 1. The highest BCUT2D eigenvalue weighted by atomic mass is 28.3. The van der Waals surface area contributed by atoms with Gasteiger partial charge in [-0.15, -0.1) is 0 Å². The van der Waals surface area contributed by atoms with Crippen LogP contribution in [0.4, 0.5) is 13.2 Å². The molecule has 0 atom stereocenters. The van der Waals surface area contributed by atoms with E-state index >= 15 is 0 Å². The van der Waals surface area contributed by atoms with Crippen LogP contribution in [0.3, 0.4) is 0 Å². The lowest BCUT2D eigenvalue weighted by Gasteiger charge is -2.32. The van der Waals surface area contributed by atoms with Crippen LogP contribution in [0.5, 0.6) is 0 Å². The molecule has 0 bridgehead atoms. The van der Waals surface area contributed by atoms with Gasteiger partial charge in [-0.1, -0.05) is 69.3 Å². The van der Waals surface area contributed by atoms with Crippen LogP contribution in [-0.4, -0.2) is 8.80 Å². The molecule has 152 valence electrons. The van der Waals surface area contributed by atoms with Gasteiger partial charge in [0.2, 0.25) is 0 Å². The Bertz CT molecular complexity index is 550. The largest absolute Gasteiger partial charge is 0.416 e. The Morgan fingerprint density at radius 3 is 1.93 bits per heavy atom. The minimum atomic E-state index is -4.23. The fourth-order valence-electron chi connectivity index (χ4n) is 5.42. The van der Waals surface area contributed by atoms with Crippen molar-refractivity contribution >= 4 is 8.80 Å². The summed E-state index contributed by atoms with van der Waals surface area (Å²) in [5.41, 5.74) is 0.567. The molecular formula is C23H35F3Si. The first kappa shape index (κ1) is 20.9. The molecule has 0 N–H and O–H groups in total. The molecule has 1 aromatic carbocycles. The van der Waals surface area contributed by atoms with Crippen LogP contribution in [0.1, 0.15) is 81.8 Å². The Hall–Kier alpha value is -0.773. The van der Waals surface area contributed by atoms with E-state index in [9.17, 15) is 13.2 Å². The number of hydrogen-bond donors (Lipinski definition) is 0. The van der Waals surface area contributed by atoms with Gasteiger partial charge in [0.1, 0.15) is 0 Å². The van der Waals surface area contributed by atoms with Crippen LogP contribution in [0.2, 0.25) is 18.1 Å². The molecule has 1 heterocycles. The van der Waals surface area contributed by atoms with Crippen LogP contribution in [-0.2, 0) is 6.18 Å². The lowest BCUT2D eigenvalue weighted by molar-refractivity contribution is -0.137. The summed E-state index contributed by atoms with van der Waals surface area (Å²) in [6.07, 6.45) is 7.76. The Morgan fingerprint density at radius 2 is 1.41 bits per heavy atom. The minimum Gasteiger partial charge on any atom is -0.166 e. The normalized spacial score (nSPS) is 29.6. The van der Waals surface area contributed by atoms with Gasteiger partial charge in [0.25, 0.3) is 0 Å². The van der Waals surface area contributed by atoms with Gasteiger partial charge in [-0.05, 0) is 61.1 Å². The third kappa shape index (κ3) is 6.10. The summed E-state index contributed by atoms with van der Waals surface area (Å²) in [7, 11) is -0.352. The zero-order chi connectivity index (χ0) is 19.3. The molecule has 0 nitrogen and oxygen atoms in total. The SMILES string of the molecule is CCC[SiH]1CCC(CCC2CCC(c3ccc(C(F)(F)F)cc3)CC2)CC1. The highest BCUT2D eigenvalue weighted by Crippen LogP contribution is 2.40. The van der Waals surface area contributed by atoms with Crippen molar-refractivity contribution in [2.24, 2.45) is 11.8 Å². The topological polar surface area (TPSA) is 0 Å². The van der Waals surface area contributed by atoms with Crippen molar-refractivity contribution in [3.05, 3.63) is 35.4 Å². The predicted molar refractivity (Wildman–Crippen MR) is 110 cm³/mol. The van der Waals surface area contributed by atoms with E-state index in [4.69, 9.17) is 0 Å². The van der Waals surface area contributed by atoms with Crippen molar-refractivity contribution in [1.82, 2.24) is 0 Å². The Labute approximate surface area is 164 Å². The van der Waals surface area contributed by atoms with Crippen molar-refractivity contribution in [2.75, 3.05) is 0 Å². The Balaban J connectivity index is 1.38. The molecule has 2 fully saturated rings. The molecule has 0 unspecified atom stereocenters. The summed E-state index contributed by atoms with van der Waals surface area (Å²) in [6.45, 7) is 2.33. The molecule has 1 saturated carbocycles. The smallest absolute Gasteiger partial charge is 0.166 e. The lowest BCUT2D eigenvalue weighted by atomic mass is 9.76. The second-order valence-corrected chi connectivity index (χ2v) is 12.6. The van der Waals surface area contributed by atoms with Crippen molar-refractivity contribution < 1.29 is 13.2 Å². The maximum atomic E-state index is 12.7. The van der Waals surface area contributed by atoms with Crippen molar-refractivity contribution in [2.45, 2.75) is 94.9 Å². The van der Waals surface area contributed by atoms with Gasteiger partial charge in [-0.2, -0.15) is 13.2 Å². The van der Waals surface area contributed by atoms with Crippen molar-refractivity contribution in [1.29, 1.82) is 0 Å². The molecule has 1 aliphatic heterocycles. The predicted octanol–water partition coefficient (Wildman–Crippen LogP) is 7.81. The standard InChI is InChI=1S/C23H35F3Si/c1-2-15-27-16-13-19(14-17-27)4-3-18-5-7-20(8-6-18)21-9-11-22(12-10-21)23(24,25)26/h9-12,18-20,27H,2-8,13-17H2,1H3. The molecule has 0 radical (unpaired) electrons. The van der Waals surface area contributed by atoms with Gasteiger partial charge >= 0.3 is 6.18 Å². The first-order valence-electron chi connectivity index (χ1n) is 11.1. The molecule has 1 aromatic rings. The van der Waals surface area contributed by atoms with E-state index in [-0.39, 0.29) is 8.80 Å². The fraction of sp³-hybridized carbons (Fsp3) is 0.739. The molecule has 0 amide bonds. The van der Waals surface area contributed by atoms with Crippen LogP contribution >= 0.6 is 0 Å². The van der Waals surface area contributed by atoms with E-state index in [0.717, 1.165) is 30.2 Å². The van der Waals surface area contributed by atoms with Crippen molar-refractivity contribution in [3.8, 4) is 0 Å². The number of alkyl halides is 3. The van der Waals surface area contributed by atoms with Gasteiger partial charge < -0.3 is 0 Å². The van der Waals surface area contributed by atoms with Gasteiger partial charge in [0.05, 0.1) is 5.56 Å². The molecule has 2 aliphatic rings. The zero-order valence-electron chi connectivity index (χ0n) is 16.7. The number of rotatable bonds is 6. The van der Waals surface area contributed by atoms with E-state index in [2.05, 4.69) is 6.92 Å². The molecule has 1 saturated heterocycles. The average Bonchev–Trinajstić information content (AvgIpc) is 2.68. The summed E-state index contributed by atoms with van der Waals surface area (Å²) >= 11 is 0. The molecule has 27 heavy (non-hydrogen) atoms. The molecular weight excluding hydrogens is 361 g/mol. The fourth-order valence-corrected chi connectivity index (χ4v) is 8.99. The van der Waals surface area contributed by atoms with Gasteiger partial charge in [-0.3, -0.25) is 0 Å². The minimum absolute atomic E-state index is 0.352. The Morgan fingerprint density at radius 1 is 0.852 bits per heavy atom. The van der Waals surface area contributed by atoms with E-state index in [1.807, 2.05) is 0 Å². The molecule has 1 aliphatic carbocycles.